The third kappa shape index (κ3) is 4.81. The lowest BCUT2D eigenvalue weighted by atomic mass is 9.82. The summed E-state index contributed by atoms with van der Waals surface area (Å²) in [6, 6.07) is 11.8. The number of aromatic hydroxyl groups is 1. The zero-order valence-electron chi connectivity index (χ0n) is 24.8. The van der Waals surface area contributed by atoms with Crippen molar-refractivity contribution in [2.24, 2.45) is 0 Å². The van der Waals surface area contributed by atoms with Gasteiger partial charge in [-0.15, -0.1) is 0 Å². The summed E-state index contributed by atoms with van der Waals surface area (Å²) in [6.45, 7) is 6.30. The number of allylic oxidation sites excluding steroid dienone is 1. The van der Waals surface area contributed by atoms with Gasteiger partial charge >= 0.3 is 0 Å². The number of nitrogens with one attached hydrogen (secondary N) is 1. The third-order valence-electron chi connectivity index (χ3n) is 8.65. The molecular weight excluding hydrogens is 531 g/mol. The van der Waals surface area contributed by atoms with Crippen LogP contribution >= 0.6 is 0 Å². The number of fused-ring (bicyclic) bond motifs is 5. The lowest BCUT2D eigenvalue weighted by molar-refractivity contribution is 0.0695. The molecule has 2 heterocycles. The van der Waals surface area contributed by atoms with Crippen LogP contribution in [0.2, 0.25) is 0 Å². The van der Waals surface area contributed by atoms with Crippen molar-refractivity contribution in [3.63, 3.8) is 0 Å². The van der Waals surface area contributed by atoms with Crippen molar-refractivity contribution in [3.05, 3.63) is 76.6 Å². The number of phenols is 1. The molecule has 3 aliphatic rings. The Labute approximate surface area is 246 Å². The van der Waals surface area contributed by atoms with Crippen molar-refractivity contribution in [3.8, 4) is 28.4 Å². The van der Waals surface area contributed by atoms with Gasteiger partial charge in [0.05, 0.1) is 18.2 Å². The van der Waals surface area contributed by atoms with Gasteiger partial charge < -0.3 is 24.8 Å². The van der Waals surface area contributed by atoms with Crippen LogP contribution in [0.3, 0.4) is 0 Å². The lowest BCUT2D eigenvalue weighted by Gasteiger charge is -2.35. The normalized spacial score (nSPS) is 18.1. The van der Waals surface area contributed by atoms with Crippen molar-refractivity contribution in [1.29, 1.82) is 0 Å². The van der Waals surface area contributed by atoms with Crippen molar-refractivity contribution < 1.29 is 23.8 Å². The molecule has 0 bridgehead atoms. The number of amides is 1. The topological polar surface area (TPSA) is 71.0 Å². The summed E-state index contributed by atoms with van der Waals surface area (Å²) < 4.78 is 26.8. The molecule has 3 aromatic carbocycles. The van der Waals surface area contributed by atoms with Crippen LogP contribution in [-0.4, -0.2) is 41.7 Å². The van der Waals surface area contributed by atoms with Crippen LogP contribution in [0.1, 0.15) is 79.9 Å². The SMILES string of the molecule is COc1c(O)ccc2c1-c1ccc3c(c1C(=Cc1ccc(F)cc1C(=O)N(C)C1CCCCC1)O2)C(C)=CC(C)(C)N3. The molecule has 0 spiro atoms. The maximum Gasteiger partial charge on any atom is 0.254 e. The number of hydrogen-bond acceptors (Lipinski definition) is 5. The Hall–Kier alpha value is -4.26. The Morgan fingerprint density at radius 3 is 2.60 bits per heavy atom. The van der Waals surface area contributed by atoms with Gasteiger partial charge in [0.2, 0.25) is 0 Å². The molecule has 0 aromatic heterocycles. The van der Waals surface area contributed by atoms with Gasteiger partial charge in [-0.25, -0.2) is 4.39 Å². The molecule has 1 saturated carbocycles. The molecule has 218 valence electrons. The Kier molecular flexibility index (Phi) is 7.00. The number of anilines is 1. The molecule has 0 atom stereocenters. The lowest BCUT2D eigenvalue weighted by Crippen LogP contribution is -2.38. The maximum absolute atomic E-state index is 14.6. The summed E-state index contributed by atoms with van der Waals surface area (Å²) >= 11 is 0. The number of carbonyl (C=O) groups is 1. The molecule has 3 aromatic rings. The first-order chi connectivity index (χ1) is 20.1. The predicted octanol–water partition coefficient (Wildman–Crippen LogP) is 8.11. The molecule has 0 saturated heterocycles. The van der Waals surface area contributed by atoms with Gasteiger partial charge in [-0.05, 0) is 81.2 Å². The van der Waals surface area contributed by atoms with Gasteiger partial charge in [-0.1, -0.05) is 37.5 Å². The summed E-state index contributed by atoms with van der Waals surface area (Å²) in [4.78, 5) is 15.6. The molecular formula is C35H37FN2O4. The molecule has 0 radical (unpaired) electrons. The van der Waals surface area contributed by atoms with Crippen molar-refractivity contribution in [2.75, 3.05) is 19.5 Å². The Morgan fingerprint density at radius 2 is 1.86 bits per heavy atom. The van der Waals surface area contributed by atoms with Gasteiger partial charge in [-0.3, -0.25) is 4.79 Å². The van der Waals surface area contributed by atoms with Crippen molar-refractivity contribution >= 4 is 29.0 Å². The van der Waals surface area contributed by atoms with Gasteiger partial charge in [0.15, 0.2) is 11.5 Å². The van der Waals surface area contributed by atoms with E-state index in [1.165, 1.54) is 25.7 Å². The van der Waals surface area contributed by atoms with E-state index in [9.17, 15) is 14.3 Å². The number of benzene rings is 3. The minimum absolute atomic E-state index is 0.0136. The quantitative estimate of drug-likeness (QED) is 0.333. The summed E-state index contributed by atoms with van der Waals surface area (Å²) in [5.74, 6) is 0.715. The number of halogens is 1. The number of hydrogen-bond donors (Lipinski definition) is 2. The Balaban J connectivity index is 1.55. The van der Waals surface area contributed by atoms with Crippen LogP contribution in [0.4, 0.5) is 10.1 Å². The molecule has 7 heteroatoms. The van der Waals surface area contributed by atoms with Gasteiger partial charge in [0.25, 0.3) is 5.91 Å². The summed E-state index contributed by atoms with van der Waals surface area (Å²) in [5.41, 5.74) is 5.88. The maximum atomic E-state index is 14.6. The molecule has 2 N–H and O–H groups in total. The molecule has 6 rings (SSSR count). The summed E-state index contributed by atoms with van der Waals surface area (Å²) in [7, 11) is 3.34. The number of methoxy groups -OCH3 is 1. The van der Waals surface area contributed by atoms with Crippen LogP contribution in [-0.2, 0) is 0 Å². The number of ether oxygens (including phenoxy) is 2. The fourth-order valence-electron chi connectivity index (χ4n) is 6.75. The third-order valence-corrected chi connectivity index (χ3v) is 8.65. The fraction of sp³-hybridized carbons (Fsp3) is 0.343. The Bertz CT molecular complexity index is 1650. The van der Waals surface area contributed by atoms with E-state index in [0.29, 0.717) is 33.9 Å². The van der Waals surface area contributed by atoms with Crippen molar-refractivity contribution in [1.82, 2.24) is 4.90 Å². The van der Waals surface area contributed by atoms with Crippen LogP contribution < -0.4 is 14.8 Å². The first kappa shape index (κ1) is 27.9. The van der Waals surface area contributed by atoms with E-state index in [1.54, 1.807) is 23.1 Å². The molecule has 2 aliphatic heterocycles. The van der Waals surface area contributed by atoms with E-state index in [-0.39, 0.29) is 23.2 Å². The second kappa shape index (κ2) is 10.5. The van der Waals surface area contributed by atoms with Crippen LogP contribution in [0.5, 0.6) is 17.2 Å². The first-order valence-corrected chi connectivity index (χ1v) is 14.6. The summed E-state index contributed by atoms with van der Waals surface area (Å²) in [6.07, 6.45) is 9.28. The fourth-order valence-corrected chi connectivity index (χ4v) is 6.75. The molecule has 6 nitrogen and oxygen atoms in total. The average molecular weight is 569 g/mol. The smallest absolute Gasteiger partial charge is 0.254 e. The highest BCUT2D eigenvalue weighted by molar-refractivity contribution is 6.04. The minimum atomic E-state index is -0.462. The molecule has 1 fully saturated rings. The zero-order chi connectivity index (χ0) is 29.8. The monoisotopic (exact) mass is 568 g/mol. The van der Waals surface area contributed by atoms with Crippen molar-refractivity contribution in [2.45, 2.75) is 64.5 Å². The van der Waals surface area contributed by atoms with E-state index < -0.39 is 5.82 Å². The minimum Gasteiger partial charge on any atom is -0.504 e. The van der Waals surface area contributed by atoms with E-state index >= 15 is 0 Å². The van der Waals surface area contributed by atoms with E-state index in [1.807, 2.05) is 25.3 Å². The number of phenolic OH excluding ortho intramolecular Hbond substituents is 1. The van der Waals surface area contributed by atoms with Gasteiger partial charge in [0.1, 0.15) is 17.3 Å². The highest BCUT2D eigenvalue weighted by Gasteiger charge is 2.34. The second-order valence-corrected chi connectivity index (χ2v) is 12.1. The van der Waals surface area contributed by atoms with Gasteiger partial charge in [-0.2, -0.15) is 0 Å². The largest absolute Gasteiger partial charge is 0.504 e. The summed E-state index contributed by atoms with van der Waals surface area (Å²) in [5, 5.41) is 14.2. The average Bonchev–Trinajstić information content (AvgIpc) is 2.97. The predicted molar refractivity (Wildman–Crippen MR) is 165 cm³/mol. The van der Waals surface area contributed by atoms with Crippen LogP contribution in [0.15, 0.2) is 48.5 Å². The number of nitrogens with zero attached hydrogens (tertiary/aromatic N) is 1. The second-order valence-electron chi connectivity index (χ2n) is 12.1. The zero-order valence-corrected chi connectivity index (χ0v) is 24.8. The van der Waals surface area contributed by atoms with Crippen LogP contribution in [0.25, 0.3) is 28.5 Å². The van der Waals surface area contributed by atoms with Crippen LogP contribution in [0, 0.1) is 5.82 Å². The van der Waals surface area contributed by atoms with E-state index in [2.05, 4.69) is 32.2 Å². The van der Waals surface area contributed by atoms with E-state index in [0.717, 1.165) is 53.6 Å². The highest BCUT2D eigenvalue weighted by Crippen LogP contribution is 2.54. The number of carbonyl (C=O) groups excluding carboxylic acids is 1. The standard InChI is InChI=1S/C35H37FN2O4/c1-20-19-35(2,3)37-26-14-13-24-31(30(20)26)29(42-28-16-15-27(39)33(41-5)32(24)28)17-21-11-12-22(36)18-25(21)34(40)38(4)23-9-7-6-8-10-23/h11-19,23,37,39H,6-10H2,1-5H3. The molecule has 42 heavy (non-hydrogen) atoms. The highest BCUT2D eigenvalue weighted by atomic mass is 19.1. The first-order valence-electron chi connectivity index (χ1n) is 14.6. The van der Waals surface area contributed by atoms with Gasteiger partial charge in [0, 0.05) is 41.0 Å². The van der Waals surface area contributed by atoms with E-state index in [4.69, 9.17) is 9.47 Å². The Morgan fingerprint density at radius 1 is 1.10 bits per heavy atom. The number of rotatable bonds is 4. The molecule has 1 aliphatic carbocycles. The molecule has 0 unspecified atom stereocenters. The molecule has 1 amide bonds.